The molecule has 1 aliphatic heterocycles. The molecular formula is C14H13N3O4. The lowest BCUT2D eigenvalue weighted by molar-refractivity contribution is -0.138. The standard InChI is InChI=1S/C14H13N3O4/c18-13(19)12-7-9-3-1-2-4-11(9)17(12)14(20)15-8-10-5-6-16-21-10/h1-6,12H,7-8H2,(H,15,20)(H,18,19)/t12-/m0/s1. The van der Waals surface area contributed by atoms with Crippen LogP contribution < -0.4 is 10.2 Å². The maximum atomic E-state index is 12.3. The van der Waals surface area contributed by atoms with Crippen molar-refractivity contribution in [1.29, 1.82) is 0 Å². The minimum absolute atomic E-state index is 0.157. The molecule has 0 radical (unpaired) electrons. The molecule has 0 saturated carbocycles. The van der Waals surface area contributed by atoms with E-state index in [0.717, 1.165) is 5.56 Å². The molecule has 0 unspecified atom stereocenters. The Hall–Kier alpha value is -2.83. The molecule has 2 heterocycles. The van der Waals surface area contributed by atoms with E-state index in [1.54, 1.807) is 18.2 Å². The Labute approximate surface area is 120 Å². The highest BCUT2D eigenvalue weighted by Gasteiger charge is 2.38. The number of para-hydroxylation sites is 1. The summed E-state index contributed by atoms with van der Waals surface area (Å²) >= 11 is 0. The molecule has 0 bridgehead atoms. The van der Waals surface area contributed by atoms with Crippen molar-refractivity contribution < 1.29 is 19.2 Å². The molecule has 0 fully saturated rings. The Morgan fingerprint density at radius 1 is 1.38 bits per heavy atom. The zero-order valence-electron chi connectivity index (χ0n) is 11.0. The number of carbonyl (C=O) groups is 2. The summed E-state index contributed by atoms with van der Waals surface area (Å²) in [6.07, 6.45) is 1.79. The summed E-state index contributed by atoms with van der Waals surface area (Å²) in [6, 6.07) is 7.45. The first-order valence-electron chi connectivity index (χ1n) is 6.44. The van der Waals surface area contributed by atoms with E-state index in [2.05, 4.69) is 10.5 Å². The minimum Gasteiger partial charge on any atom is -0.480 e. The molecule has 0 saturated heterocycles. The van der Waals surface area contributed by atoms with Crippen molar-refractivity contribution in [2.45, 2.75) is 19.0 Å². The average molecular weight is 287 g/mol. The lowest BCUT2D eigenvalue weighted by Gasteiger charge is -2.22. The van der Waals surface area contributed by atoms with Crippen molar-refractivity contribution in [3.63, 3.8) is 0 Å². The minimum atomic E-state index is -1.03. The zero-order chi connectivity index (χ0) is 14.8. The Morgan fingerprint density at radius 2 is 2.19 bits per heavy atom. The summed E-state index contributed by atoms with van der Waals surface area (Å²) < 4.78 is 4.89. The van der Waals surface area contributed by atoms with E-state index < -0.39 is 18.0 Å². The average Bonchev–Trinajstić information content (AvgIpc) is 3.11. The van der Waals surface area contributed by atoms with Crippen LogP contribution in [0.2, 0.25) is 0 Å². The predicted octanol–water partition coefficient (Wildman–Crippen LogP) is 1.40. The topological polar surface area (TPSA) is 95.7 Å². The van der Waals surface area contributed by atoms with Gasteiger partial charge in [0.05, 0.1) is 12.7 Å². The summed E-state index contributed by atoms with van der Waals surface area (Å²) in [5.41, 5.74) is 1.47. The number of amides is 2. The van der Waals surface area contributed by atoms with Crippen LogP contribution in [0.5, 0.6) is 0 Å². The number of hydrogen-bond donors (Lipinski definition) is 2. The Kier molecular flexibility index (Phi) is 3.31. The number of carboxylic acids is 1. The third kappa shape index (κ3) is 2.45. The maximum absolute atomic E-state index is 12.3. The van der Waals surface area contributed by atoms with Gasteiger partial charge in [-0.25, -0.2) is 9.59 Å². The second kappa shape index (κ2) is 5.28. The van der Waals surface area contributed by atoms with Gasteiger partial charge in [-0.1, -0.05) is 23.4 Å². The van der Waals surface area contributed by atoms with Gasteiger partial charge in [0.1, 0.15) is 6.04 Å². The molecule has 1 aliphatic rings. The number of carboxylic acid groups (broad SMARTS) is 1. The first-order chi connectivity index (χ1) is 10.2. The van der Waals surface area contributed by atoms with E-state index in [9.17, 15) is 14.7 Å². The number of aromatic nitrogens is 1. The van der Waals surface area contributed by atoms with Gasteiger partial charge in [-0.05, 0) is 11.6 Å². The number of carbonyl (C=O) groups excluding carboxylic acids is 1. The van der Waals surface area contributed by atoms with Crippen LogP contribution in [0.25, 0.3) is 0 Å². The zero-order valence-corrected chi connectivity index (χ0v) is 11.0. The number of aliphatic carboxylic acids is 1. The van der Waals surface area contributed by atoms with E-state index in [-0.39, 0.29) is 6.54 Å². The number of anilines is 1. The van der Waals surface area contributed by atoms with Gasteiger partial charge in [-0.2, -0.15) is 0 Å². The lowest BCUT2D eigenvalue weighted by Crippen LogP contribution is -2.47. The molecule has 21 heavy (non-hydrogen) atoms. The van der Waals surface area contributed by atoms with Gasteiger partial charge in [0, 0.05) is 18.2 Å². The van der Waals surface area contributed by atoms with Crippen molar-refractivity contribution in [3.05, 3.63) is 47.9 Å². The van der Waals surface area contributed by atoms with Crippen LogP contribution in [0.1, 0.15) is 11.3 Å². The second-order valence-electron chi connectivity index (χ2n) is 4.69. The largest absolute Gasteiger partial charge is 0.480 e. The third-order valence-electron chi connectivity index (χ3n) is 3.39. The Morgan fingerprint density at radius 3 is 2.90 bits per heavy atom. The number of fused-ring (bicyclic) bond motifs is 1. The summed E-state index contributed by atoms with van der Waals surface area (Å²) in [6.45, 7) is 0.157. The smallest absolute Gasteiger partial charge is 0.327 e. The van der Waals surface area contributed by atoms with Crippen molar-refractivity contribution >= 4 is 17.7 Å². The highest BCUT2D eigenvalue weighted by Crippen LogP contribution is 2.32. The highest BCUT2D eigenvalue weighted by atomic mass is 16.5. The lowest BCUT2D eigenvalue weighted by atomic mass is 10.1. The van der Waals surface area contributed by atoms with Crippen molar-refractivity contribution in [2.24, 2.45) is 0 Å². The van der Waals surface area contributed by atoms with E-state index >= 15 is 0 Å². The first-order valence-corrected chi connectivity index (χ1v) is 6.44. The van der Waals surface area contributed by atoms with Crippen LogP contribution in [0.3, 0.4) is 0 Å². The van der Waals surface area contributed by atoms with Crippen LogP contribution in [0, 0.1) is 0 Å². The van der Waals surface area contributed by atoms with Crippen molar-refractivity contribution in [3.8, 4) is 0 Å². The number of hydrogen-bond acceptors (Lipinski definition) is 4. The molecular weight excluding hydrogens is 274 g/mol. The van der Waals surface area contributed by atoms with Gasteiger partial charge in [0.2, 0.25) is 0 Å². The molecule has 0 spiro atoms. The molecule has 1 atom stereocenters. The number of rotatable bonds is 3. The normalized spacial score (nSPS) is 16.6. The summed E-state index contributed by atoms with van der Waals surface area (Å²) in [7, 11) is 0. The summed E-state index contributed by atoms with van der Waals surface area (Å²) in [5.74, 6) is -0.524. The molecule has 1 aromatic heterocycles. The fraction of sp³-hybridized carbons (Fsp3) is 0.214. The fourth-order valence-corrected chi connectivity index (χ4v) is 2.42. The van der Waals surface area contributed by atoms with Crippen LogP contribution >= 0.6 is 0 Å². The van der Waals surface area contributed by atoms with Crippen molar-refractivity contribution in [2.75, 3.05) is 4.90 Å². The molecule has 2 amide bonds. The molecule has 0 aliphatic carbocycles. The Bertz CT molecular complexity index is 669. The predicted molar refractivity (Wildman–Crippen MR) is 72.8 cm³/mol. The van der Waals surface area contributed by atoms with Crippen LogP contribution in [-0.2, 0) is 17.8 Å². The van der Waals surface area contributed by atoms with Crippen LogP contribution in [-0.4, -0.2) is 28.3 Å². The molecule has 2 aromatic rings. The summed E-state index contributed by atoms with van der Waals surface area (Å²) in [5, 5.41) is 15.5. The number of benzene rings is 1. The fourth-order valence-electron chi connectivity index (χ4n) is 2.42. The Balaban J connectivity index is 1.80. The number of urea groups is 1. The van der Waals surface area contributed by atoms with E-state index in [1.165, 1.54) is 11.1 Å². The molecule has 2 N–H and O–H groups in total. The van der Waals surface area contributed by atoms with E-state index in [0.29, 0.717) is 17.9 Å². The SMILES string of the molecule is O=C(O)[C@@H]1Cc2ccccc2N1C(=O)NCc1ccno1. The number of nitrogens with zero attached hydrogens (tertiary/aromatic N) is 2. The van der Waals surface area contributed by atoms with Gasteiger partial charge in [0.15, 0.2) is 5.76 Å². The van der Waals surface area contributed by atoms with Crippen molar-refractivity contribution in [1.82, 2.24) is 10.5 Å². The summed E-state index contributed by atoms with van der Waals surface area (Å²) in [4.78, 5) is 24.9. The quantitative estimate of drug-likeness (QED) is 0.889. The molecule has 3 rings (SSSR count). The van der Waals surface area contributed by atoms with E-state index in [4.69, 9.17) is 4.52 Å². The highest BCUT2D eigenvalue weighted by molar-refractivity contribution is 6.00. The molecule has 7 nitrogen and oxygen atoms in total. The van der Waals surface area contributed by atoms with Gasteiger partial charge < -0.3 is 14.9 Å². The second-order valence-corrected chi connectivity index (χ2v) is 4.69. The van der Waals surface area contributed by atoms with Gasteiger partial charge in [-0.15, -0.1) is 0 Å². The van der Waals surface area contributed by atoms with Crippen LogP contribution in [0.15, 0.2) is 41.1 Å². The van der Waals surface area contributed by atoms with Gasteiger partial charge >= 0.3 is 12.0 Å². The molecule has 7 heteroatoms. The van der Waals surface area contributed by atoms with E-state index in [1.807, 2.05) is 12.1 Å². The molecule has 1 aromatic carbocycles. The molecule has 108 valence electrons. The third-order valence-corrected chi connectivity index (χ3v) is 3.39. The van der Waals surface area contributed by atoms with Gasteiger partial charge in [0.25, 0.3) is 0 Å². The number of nitrogens with one attached hydrogen (secondary N) is 1. The first kappa shape index (κ1) is 13.2. The van der Waals surface area contributed by atoms with Crippen LogP contribution in [0.4, 0.5) is 10.5 Å². The monoisotopic (exact) mass is 287 g/mol. The maximum Gasteiger partial charge on any atom is 0.327 e. The van der Waals surface area contributed by atoms with Gasteiger partial charge in [-0.3, -0.25) is 4.90 Å².